The largest absolute Gasteiger partial charge is 0.326 e. The fraction of sp³-hybridized carbons (Fsp3) is 0.0769. The van der Waals surface area contributed by atoms with E-state index in [1.165, 1.54) is 12.1 Å². The van der Waals surface area contributed by atoms with Crippen molar-refractivity contribution in [3.05, 3.63) is 59.9 Å². The summed E-state index contributed by atoms with van der Waals surface area (Å²) in [4.78, 5) is 0.0109. The van der Waals surface area contributed by atoms with Gasteiger partial charge in [-0.3, -0.25) is 4.72 Å². The number of benzene rings is 2. The number of halogens is 1. The van der Waals surface area contributed by atoms with E-state index >= 15 is 0 Å². The van der Waals surface area contributed by atoms with E-state index in [1.807, 2.05) is 0 Å². The molecule has 2 rings (SSSR count). The molecule has 0 unspecified atom stereocenters. The zero-order valence-corrected chi connectivity index (χ0v) is 10.8. The van der Waals surface area contributed by atoms with Crippen LogP contribution in [0.15, 0.2) is 53.4 Å². The van der Waals surface area contributed by atoms with Gasteiger partial charge in [0.2, 0.25) is 0 Å². The minimum absolute atomic E-state index is 0.0109. The third-order valence-corrected chi connectivity index (χ3v) is 3.96. The van der Waals surface area contributed by atoms with Crippen molar-refractivity contribution in [3.8, 4) is 0 Å². The highest BCUT2D eigenvalue weighted by atomic mass is 32.2. The second-order valence-electron chi connectivity index (χ2n) is 3.96. The molecule has 6 heteroatoms. The standard InChI is InChI=1S/C13H13FN2O2S/c14-11-3-7-13(8-4-11)19(17,18)16-12-5-1-10(9-15)2-6-12/h1-8,16H,9,15H2. The Labute approximate surface area is 111 Å². The van der Waals surface area contributed by atoms with Gasteiger partial charge in [-0.05, 0) is 42.0 Å². The van der Waals surface area contributed by atoms with Crippen LogP contribution in [0, 0.1) is 5.82 Å². The van der Waals surface area contributed by atoms with Gasteiger partial charge >= 0.3 is 0 Å². The van der Waals surface area contributed by atoms with Gasteiger partial charge < -0.3 is 5.73 Å². The molecule has 0 spiro atoms. The van der Waals surface area contributed by atoms with Gasteiger partial charge in [-0.15, -0.1) is 0 Å². The molecule has 0 aliphatic heterocycles. The SMILES string of the molecule is NCc1ccc(NS(=O)(=O)c2ccc(F)cc2)cc1. The molecule has 100 valence electrons. The Balaban J connectivity index is 2.23. The second-order valence-corrected chi connectivity index (χ2v) is 5.64. The van der Waals surface area contributed by atoms with Gasteiger partial charge in [0.05, 0.1) is 4.90 Å². The molecule has 0 atom stereocenters. The van der Waals surface area contributed by atoms with Crippen LogP contribution in [0.3, 0.4) is 0 Å². The van der Waals surface area contributed by atoms with E-state index in [1.54, 1.807) is 24.3 Å². The Bertz CT molecular complexity index is 652. The number of sulfonamides is 1. The zero-order valence-electron chi connectivity index (χ0n) is 10.0. The van der Waals surface area contributed by atoms with Crippen LogP contribution in [0.1, 0.15) is 5.56 Å². The van der Waals surface area contributed by atoms with Crippen LogP contribution in [-0.2, 0) is 16.6 Å². The van der Waals surface area contributed by atoms with Gasteiger partial charge in [0.15, 0.2) is 0 Å². The average Bonchev–Trinajstić information content (AvgIpc) is 2.40. The molecule has 0 fully saturated rings. The highest BCUT2D eigenvalue weighted by Gasteiger charge is 2.13. The molecule has 4 nitrogen and oxygen atoms in total. The van der Waals surface area contributed by atoms with E-state index < -0.39 is 15.8 Å². The highest BCUT2D eigenvalue weighted by Crippen LogP contribution is 2.16. The number of rotatable bonds is 4. The number of anilines is 1. The van der Waals surface area contributed by atoms with Crippen molar-refractivity contribution >= 4 is 15.7 Å². The fourth-order valence-electron chi connectivity index (χ4n) is 1.54. The number of nitrogens with one attached hydrogen (secondary N) is 1. The minimum Gasteiger partial charge on any atom is -0.326 e. The molecule has 0 saturated heterocycles. The predicted molar refractivity (Wildman–Crippen MR) is 71.5 cm³/mol. The molecule has 0 amide bonds. The monoisotopic (exact) mass is 280 g/mol. The van der Waals surface area contributed by atoms with Crippen molar-refractivity contribution in [2.24, 2.45) is 5.73 Å². The minimum atomic E-state index is -3.70. The first kappa shape index (κ1) is 13.5. The molecule has 0 aliphatic rings. The smallest absolute Gasteiger partial charge is 0.261 e. The summed E-state index contributed by atoms with van der Waals surface area (Å²) >= 11 is 0. The molecule has 2 aromatic rings. The highest BCUT2D eigenvalue weighted by molar-refractivity contribution is 7.92. The van der Waals surface area contributed by atoms with E-state index in [4.69, 9.17) is 5.73 Å². The lowest BCUT2D eigenvalue weighted by atomic mass is 10.2. The average molecular weight is 280 g/mol. The van der Waals surface area contributed by atoms with Crippen LogP contribution in [0.25, 0.3) is 0 Å². The predicted octanol–water partition coefficient (Wildman–Crippen LogP) is 2.09. The molecule has 0 aromatic heterocycles. The van der Waals surface area contributed by atoms with Crippen molar-refractivity contribution in [2.45, 2.75) is 11.4 Å². The van der Waals surface area contributed by atoms with Crippen LogP contribution >= 0.6 is 0 Å². The summed E-state index contributed by atoms with van der Waals surface area (Å²) in [6.45, 7) is 0.394. The normalized spacial score (nSPS) is 11.3. The van der Waals surface area contributed by atoms with Gasteiger partial charge in [0.25, 0.3) is 10.0 Å². The van der Waals surface area contributed by atoms with E-state index in [2.05, 4.69) is 4.72 Å². The Hall–Kier alpha value is -1.92. The van der Waals surface area contributed by atoms with Gasteiger partial charge in [0, 0.05) is 12.2 Å². The van der Waals surface area contributed by atoms with E-state index in [0.29, 0.717) is 12.2 Å². The topological polar surface area (TPSA) is 72.2 Å². The number of hydrogen-bond acceptors (Lipinski definition) is 3. The molecule has 0 heterocycles. The van der Waals surface area contributed by atoms with Crippen molar-refractivity contribution < 1.29 is 12.8 Å². The summed E-state index contributed by atoms with van der Waals surface area (Å²) in [6, 6.07) is 11.4. The molecule has 0 bridgehead atoms. The molecular weight excluding hydrogens is 267 g/mol. The van der Waals surface area contributed by atoms with Crippen molar-refractivity contribution in [3.63, 3.8) is 0 Å². The van der Waals surface area contributed by atoms with Crippen molar-refractivity contribution in [1.82, 2.24) is 0 Å². The van der Waals surface area contributed by atoms with Crippen LogP contribution in [-0.4, -0.2) is 8.42 Å². The van der Waals surface area contributed by atoms with Crippen LogP contribution in [0.5, 0.6) is 0 Å². The Morgan fingerprint density at radius 2 is 1.58 bits per heavy atom. The maximum atomic E-state index is 12.8. The van der Waals surface area contributed by atoms with Gasteiger partial charge in [-0.25, -0.2) is 12.8 Å². The van der Waals surface area contributed by atoms with Crippen LogP contribution in [0.2, 0.25) is 0 Å². The first-order valence-electron chi connectivity index (χ1n) is 5.59. The summed E-state index contributed by atoms with van der Waals surface area (Å²) in [5.74, 6) is -0.480. The maximum Gasteiger partial charge on any atom is 0.261 e. The van der Waals surface area contributed by atoms with Gasteiger partial charge in [0.1, 0.15) is 5.82 Å². The third-order valence-electron chi connectivity index (χ3n) is 2.57. The Morgan fingerprint density at radius 3 is 2.11 bits per heavy atom. The summed E-state index contributed by atoms with van der Waals surface area (Å²) in [6.07, 6.45) is 0. The molecule has 0 saturated carbocycles. The van der Waals surface area contributed by atoms with E-state index in [9.17, 15) is 12.8 Å². The number of hydrogen-bond donors (Lipinski definition) is 2. The summed E-state index contributed by atoms with van der Waals surface area (Å²) in [5.41, 5.74) is 6.80. The van der Waals surface area contributed by atoms with E-state index in [0.717, 1.165) is 17.7 Å². The van der Waals surface area contributed by atoms with Crippen LogP contribution in [0.4, 0.5) is 10.1 Å². The molecule has 2 aromatic carbocycles. The van der Waals surface area contributed by atoms with Crippen molar-refractivity contribution in [1.29, 1.82) is 0 Å². The zero-order chi connectivity index (χ0) is 13.9. The molecule has 19 heavy (non-hydrogen) atoms. The maximum absolute atomic E-state index is 12.8. The summed E-state index contributed by atoms with van der Waals surface area (Å²) in [5, 5.41) is 0. The molecule has 0 aliphatic carbocycles. The number of nitrogens with two attached hydrogens (primary N) is 1. The van der Waals surface area contributed by atoms with Gasteiger partial charge in [-0.2, -0.15) is 0 Å². The third kappa shape index (κ3) is 3.30. The summed E-state index contributed by atoms with van der Waals surface area (Å²) < 4.78 is 39.2. The quantitative estimate of drug-likeness (QED) is 0.900. The van der Waals surface area contributed by atoms with Crippen LogP contribution < -0.4 is 10.5 Å². The molecule has 3 N–H and O–H groups in total. The lowest BCUT2D eigenvalue weighted by Gasteiger charge is -2.08. The first-order valence-corrected chi connectivity index (χ1v) is 7.07. The van der Waals surface area contributed by atoms with Gasteiger partial charge in [-0.1, -0.05) is 12.1 Å². The lowest BCUT2D eigenvalue weighted by Crippen LogP contribution is -2.13. The van der Waals surface area contributed by atoms with E-state index in [-0.39, 0.29) is 4.90 Å². The Kier molecular flexibility index (Phi) is 3.82. The Morgan fingerprint density at radius 1 is 1.00 bits per heavy atom. The fourth-order valence-corrected chi connectivity index (χ4v) is 2.60. The second kappa shape index (κ2) is 5.38. The summed E-state index contributed by atoms with van der Waals surface area (Å²) in [7, 11) is -3.70. The molecular formula is C13H13FN2O2S. The molecule has 0 radical (unpaired) electrons. The van der Waals surface area contributed by atoms with Crippen molar-refractivity contribution in [2.75, 3.05) is 4.72 Å². The first-order chi connectivity index (χ1) is 9.01. The lowest BCUT2D eigenvalue weighted by molar-refractivity contribution is 0.599.